The summed E-state index contributed by atoms with van der Waals surface area (Å²) >= 11 is 0. The maximum atomic E-state index is 5.89. The molecule has 0 spiro atoms. The molecule has 0 unspecified atom stereocenters. The van der Waals surface area contributed by atoms with E-state index in [-0.39, 0.29) is 0 Å². The highest BCUT2D eigenvalue weighted by Gasteiger charge is 2.04. The van der Waals surface area contributed by atoms with Crippen LogP contribution in [0, 0.1) is 0 Å². The molecule has 0 aliphatic carbocycles. The average molecular weight is 372 g/mol. The fourth-order valence-electron chi connectivity index (χ4n) is 2.89. The van der Waals surface area contributed by atoms with Gasteiger partial charge in [-0.2, -0.15) is 0 Å². The molecule has 0 radical (unpaired) electrons. The Morgan fingerprint density at radius 2 is 1.96 bits per heavy atom. The SMILES string of the molecule is Nc1ccc2ncnc(NCCc3cccc(OCc4cnccn4)c3)c2c1. The van der Waals surface area contributed by atoms with Crippen molar-refractivity contribution >= 4 is 22.4 Å². The number of ether oxygens (including phenoxy) is 1. The molecule has 0 saturated carbocycles. The minimum Gasteiger partial charge on any atom is -0.487 e. The molecule has 0 aliphatic heterocycles. The Kier molecular flexibility index (Phi) is 5.24. The molecule has 2 aromatic heterocycles. The summed E-state index contributed by atoms with van der Waals surface area (Å²) in [6.07, 6.45) is 7.39. The van der Waals surface area contributed by atoms with E-state index in [9.17, 15) is 0 Å². The lowest BCUT2D eigenvalue weighted by atomic mass is 10.1. The second-order valence-corrected chi connectivity index (χ2v) is 6.31. The normalized spacial score (nSPS) is 10.7. The molecule has 7 heteroatoms. The number of fused-ring (bicyclic) bond motifs is 1. The Balaban J connectivity index is 1.37. The maximum Gasteiger partial charge on any atom is 0.137 e. The van der Waals surface area contributed by atoms with Gasteiger partial charge in [0.15, 0.2) is 0 Å². The van der Waals surface area contributed by atoms with Gasteiger partial charge in [0.2, 0.25) is 0 Å². The predicted octanol–water partition coefficient (Wildman–Crippen LogP) is 3.24. The summed E-state index contributed by atoms with van der Waals surface area (Å²) < 4.78 is 5.81. The van der Waals surface area contributed by atoms with Gasteiger partial charge in [-0.15, -0.1) is 0 Å². The van der Waals surface area contributed by atoms with E-state index < -0.39 is 0 Å². The molecule has 7 nitrogen and oxygen atoms in total. The first-order valence-corrected chi connectivity index (χ1v) is 8.99. The van der Waals surface area contributed by atoms with Crippen LogP contribution in [0.5, 0.6) is 5.75 Å². The molecule has 3 N–H and O–H groups in total. The van der Waals surface area contributed by atoms with Crippen LogP contribution in [0.25, 0.3) is 10.9 Å². The zero-order valence-corrected chi connectivity index (χ0v) is 15.2. The monoisotopic (exact) mass is 372 g/mol. The number of nitrogen functional groups attached to an aromatic ring is 1. The van der Waals surface area contributed by atoms with Gasteiger partial charge in [0.25, 0.3) is 0 Å². The number of nitrogens with two attached hydrogens (primary N) is 1. The van der Waals surface area contributed by atoms with Crippen molar-refractivity contribution in [1.29, 1.82) is 0 Å². The summed E-state index contributed by atoms with van der Waals surface area (Å²) in [5.41, 5.74) is 9.42. The third-order valence-corrected chi connectivity index (χ3v) is 4.27. The van der Waals surface area contributed by atoms with Crippen LogP contribution in [-0.4, -0.2) is 26.5 Å². The Hall–Kier alpha value is -3.74. The Morgan fingerprint density at radius 1 is 1.00 bits per heavy atom. The average Bonchev–Trinajstić information content (AvgIpc) is 2.74. The summed E-state index contributed by atoms with van der Waals surface area (Å²) in [7, 11) is 0. The molecule has 4 aromatic rings. The Labute approximate surface area is 162 Å². The molecule has 0 bridgehead atoms. The van der Waals surface area contributed by atoms with E-state index in [1.807, 2.05) is 36.4 Å². The van der Waals surface area contributed by atoms with Crippen LogP contribution in [0.3, 0.4) is 0 Å². The fourth-order valence-corrected chi connectivity index (χ4v) is 2.89. The highest BCUT2D eigenvalue weighted by Crippen LogP contribution is 2.22. The number of rotatable bonds is 7. The zero-order chi connectivity index (χ0) is 19.2. The van der Waals surface area contributed by atoms with Crippen molar-refractivity contribution in [3.63, 3.8) is 0 Å². The third-order valence-electron chi connectivity index (χ3n) is 4.27. The standard InChI is InChI=1S/C21H20N6O/c22-16-4-5-20-19(11-16)21(27-14-26-20)25-7-6-15-2-1-3-18(10-15)28-13-17-12-23-8-9-24-17/h1-5,8-12,14H,6-7,13,22H2,(H,25,26,27). The summed E-state index contributed by atoms with van der Waals surface area (Å²) in [5.74, 6) is 1.59. The van der Waals surface area contributed by atoms with E-state index in [2.05, 4.69) is 31.3 Å². The number of benzene rings is 2. The summed E-state index contributed by atoms with van der Waals surface area (Å²) in [6, 6.07) is 13.7. The molecule has 2 aromatic carbocycles. The van der Waals surface area contributed by atoms with E-state index in [1.165, 1.54) is 5.56 Å². The number of hydrogen-bond acceptors (Lipinski definition) is 7. The lowest BCUT2D eigenvalue weighted by molar-refractivity contribution is 0.300. The van der Waals surface area contributed by atoms with Gasteiger partial charge in [0.1, 0.15) is 24.5 Å². The lowest BCUT2D eigenvalue weighted by Gasteiger charge is -2.10. The summed E-state index contributed by atoms with van der Waals surface area (Å²) in [4.78, 5) is 16.9. The minimum atomic E-state index is 0.393. The van der Waals surface area contributed by atoms with Crippen LogP contribution in [0.2, 0.25) is 0 Å². The topological polar surface area (TPSA) is 98.8 Å². The van der Waals surface area contributed by atoms with Gasteiger partial charge in [-0.1, -0.05) is 12.1 Å². The van der Waals surface area contributed by atoms with Crippen molar-refractivity contribution in [2.45, 2.75) is 13.0 Å². The Bertz CT molecular complexity index is 1070. The Morgan fingerprint density at radius 3 is 2.86 bits per heavy atom. The smallest absolute Gasteiger partial charge is 0.137 e. The van der Waals surface area contributed by atoms with E-state index in [1.54, 1.807) is 24.9 Å². The van der Waals surface area contributed by atoms with Crippen LogP contribution >= 0.6 is 0 Å². The first kappa shape index (κ1) is 17.7. The van der Waals surface area contributed by atoms with Crippen LogP contribution in [-0.2, 0) is 13.0 Å². The predicted molar refractivity (Wildman–Crippen MR) is 109 cm³/mol. The fraction of sp³-hybridized carbons (Fsp3) is 0.143. The maximum absolute atomic E-state index is 5.89. The van der Waals surface area contributed by atoms with E-state index in [4.69, 9.17) is 10.5 Å². The van der Waals surface area contributed by atoms with Crippen molar-refractivity contribution in [2.24, 2.45) is 0 Å². The van der Waals surface area contributed by atoms with Crippen molar-refractivity contribution in [3.05, 3.63) is 78.6 Å². The molecule has 0 fully saturated rings. The number of nitrogens with one attached hydrogen (secondary N) is 1. The van der Waals surface area contributed by atoms with Crippen LogP contribution in [0.1, 0.15) is 11.3 Å². The van der Waals surface area contributed by atoms with Gasteiger partial charge in [0.05, 0.1) is 17.4 Å². The molecule has 0 amide bonds. The largest absolute Gasteiger partial charge is 0.487 e. The molecule has 0 aliphatic rings. The zero-order valence-electron chi connectivity index (χ0n) is 15.2. The van der Waals surface area contributed by atoms with Crippen molar-refractivity contribution in [3.8, 4) is 5.75 Å². The first-order chi connectivity index (χ1) is 13.8. The molecule has 140 valence electrons. The minimum absolute atomic E-state index is 0.393. The molecule has 0 atom stereocenters. The van der Waals surface area contributed by atoms with Gasteiger partial charge >= 0.3 is 0 Å². The lowest BCUT2D eigenvalue weighted by Crippen LogP contribution is -2.07. The van der Waals surface area contributed by atoms with E-state index >= 15 is 0 Å². The van der Waals surface area contributed by atoms with E-state index in [0.29, 0.717) is 12.3 Å². The highest BCUT2D eigenvalue weighted by atomic mass is 16.5. The van der Waals surface area contributed by atoms with Crippen molar-refractivity contribution < 1.29 is 4.74 Å². The van der Waals surface area contributed by atoms with Crippen molar-refractivity contribution in [1.82, 2.24) is 19.9 Å². The molecule has 2 heterocycles. The molecule has 4 rings (SSSR count). The molecule has 0 saturated heterocycles. The second-order valence-electron chi connectivity index (χ2n) is 6.31. The van der Waals surface area contributed by atoms with Crippen molar-refractivity contribution in [2.75, 3.05) is 17.6 Å². The second kappa shape index (κ2) is 8.30. The van der Waals surface area contributed by atoms with Crippen LogP contribution in [0.4, 0.5) is 11.5 Å². The van der Waals surface area contributed by atoms with Crippen LogP contribution < -0.4 is 15.8 Å². The summed E-state index contributed by atoms with van der Waals surface area (Å²) in [5, 5.41) is 4.29. The number of anilines is 2. The molecular weight excluding hydrogens is 352 g/mol. The van der Waals surface area contributed by atoms with Crippen LogP contribution in [0.15, 0.2) is 67.4 Å². The quantitative estimate of drug-likeness (QED) is 0.481. The number of nitrogens with zero attached hydrogens (tertiary/aromatic N) is 4. The molecular formula is C21H20N6O. The number of aromatic nitrogens is 4. The van der Waals surface area contributed by atoms with Gasteiger partial charge < -0.3 is 15.8 Å². The van der Waals surface area contributed by atoms with E-state index in [0.717, 1.165) is 41.1 Å². The highest BCUT2D eigenvalue weighted by molar-refractivity contribution is 5.91. The third kappa shape index (κ3) is 4.32. The first-order valence-electron chi connectivity index (χ1n) is 8.99. The number of hydrogen-bond donors (Lipinski definition) is 2. The summed E-state index contributed by atoms with van der Waals surface area (Å²) in [6.45, 7) is 1.12. The van der Waals surface area contributed by atoms with Gasteiger partial charge in [-0.25, -0.2) is 9.97 Å². The van der Waals surface area contributed by atoms with Gasteiger partial charge in [-0.05, 0) is 42.3 Å². The van der Waals surface area contributed by atoms with Gasteiger partial charge in [0, 0.05) is 30.0 Å². The molecule has 28 heavy (non-hydrogen) atoms. The van der Waals surface area contributed by atoms with Gasteiger partial charge in [-0.3, -0.25) is 9.97 Å².